The number of methoxy groups -OCH3 is 2. The summed E-state index contributed by atoms with van der Waals surface area (Å²) in [5.74, 6) is 0.666. The van der Waals surface area contributed by atoms with Crippen molar-refractivity contribution in [1.82, 2.24) is 10.6 Å². The molecule has 0 spiro atoms. The maximum atomic E-state index is 11.9. The van der Waals surface area contributed by atoms with Gasteiger partial charge in [-0.1, -0.05) is 6.07 Å². The number of carbonyl (C=O) groups is 2. The predicted octanol–water partition coefficient (Wildman–Crippen LogP) is 1.93. The third kappa shape index (κ3) is 4.39. The molecule has 0 bridgehead atoms. The zero-order valence-corrected chi connectivity index (χ0v) is 13.5. The summed E-state index contributed by atoms with van der Waals surface area (Å²) in [6, 6.07) is 11.0. The Kier molecular flexibility index (Phi) is 5.62. The molecule has 2 rings (SSSR count). The molecule has 0 fully saturated rings. The first kappa shape index (κ1) is 17.1. The summed E-state index contributed by atoms with van der Waals surface area (Å²) in [7, 11) is 3.08. The molecule has 0 aromatic heterocycles. The first-order chi connectivity index (χ1) is 11.5. The quantitative estimate of drug-likeness (QED) is 0.727. The second-order valence-corrected chi connectivity index (χ2v) is 4.95. The van der Waals surface area contributed by atoms with Crippen LogP contribution in [0.1, 0.15) is 15.9 Å². The molecule has 2 aromatic carbocycles. The van der Waals surface area contributed by atoms with Crippen LogP contribution in [0, 0.1) is 0 Å². The molecule has 7 nitrogen and oxygen atoms in total. The van der Waals surface area contributed by atoms with Crippen molar-refractivity contribution in [3.63, 3.8) is 0 Å². The largest absolute Gasteiger partial charge is 0.493 e. The van der Waals surface area contributed by atoms with Crippen molar-refractivity contribution in [2.24, 2.45) is 0 Å². The fourth-order valence-electron chi connectivity index (χ4n) is 2.03. The van der Waals surface area contributed by atoms with Crippen LogP contribution in [0.15, 0.2) is 42.5 Å². The molecule has 24 heavy (non-hydrogen) atoms. The molecule has 0 aliphatic heterocycles. The average Bonchev–Trinajstić information content (AvgIpc) is 2.60. The molecule has 4 N–H and O–H groups in total. The van der Waals surface area contributed by atoms with Crippen molar-refractivity contribution < 1.29 is 19.1 Å². The lowest BCUT2D eigenvalue weighted by atomic mass is 10.2. The Labute approximate surface area is 139 Å². The highest BCUT2D eigenvalue weighted by Gasteiger charge is 2.10. The molecule has 126 valence electrons. The van der Waals surface area contributed by atoms with Gasteiger partial charge in [-0.3, -0.25) is 10.1 Å². The smallest absolute Gasteiger partial charge is 0.321 e. The van der Waals surface area contributed by atoms with Gasteiger partial charge in [0.2, 0.25) is 0 Å². The van der Waals surface area contributed by atoms with Gasteiger partial charge in [0, 0.05) is 17.8 Å². The van der Waals surface area contributed by atoms with Crippen LogP contribution < -0.4 is 25.8 Å². The third-order valence-electron chi connectivity index (χ3n) is 3.30. The van der Waals surface area contributed by atoms with E-state index in [-0.39, 0.29) is 6.54 Å². The summed E-state index contributed by atoms with van der Waals surface area (Å²) in [6.07, 6.45) is 0. The van der Waals surface area contributed by atoms with Gasteiger partial charge in [0.1, 0.15) is 0 Å². The third-order valence-corrected chi connectivity index (χ3v) is 3.30. The number of nitrogens with two attached hydrogens (primary N) is 1. The lowest BCUT2D eigenvalue weighted by molar-refractivity contribution is 0.0964. The number of urea groups is 1. The van der Waals surface area contributed by atoms with Gasteiger partial charge in [0.15, 0.2) is 11.5 Å². The number of nitrogen functional groups attached to an aromatic ring is 1. The van der Waals surface area contributed by atoms with Crippen molar-refractivity contribution in [1.29, 1.82) is 0 Å². The Hall–Kier alpha value is -3.22. The Bertz CT molecular complexity index is 729. The maximum absolute atomic E-state index is 11.9. The van der Waals surface area contributed by atoms with Crippen LogP contribution in [-0.4, -0.2) is 26.2 Å². The Morgan fingerprint density at radius 2 is 1.67 bits per heavy atom. The molecular weight excluding hydrogens is 310 g/mol. The van der Waals surface area contributed by atoms with Crippen molar-refractivity contribution in [3.8, 4) is 11.5 Å². The molecular formula is C17H19N3O4. The second-order valence-electron chi connectivity index (χ2n) is 4.95. The van der Waals surface area contributed by atoms with Crippen LogP contribution in [0.25, 0.3) is 0 Å². The molecule has 0 aliphatic rings. The minimum absolute atomic E-state index is 0.237. The topological polar surface area (TPSA) is 103 Å². The second kappa shape index (κ2) is 7.87. The van der Waals surface area contributed by atoms with Gasteiger partial charge >= 0.3 is 6.03 Å². The van der Waals surface area contributed by atoms with E-state index in [9.17, 15) is 9.59 Å². The highest BCUT2D eigenvalue weighted by atomic mass is 16.5. The molecule has 0 unspecified atom stereocenters. The highest BCUT2D eigenvalue weighted by molar-refractivity contribution is 6.04. The van der Waals surface area contributed by atoms with Gasteiger partial charge in [0.05, 0.1) is 14.2 Å². The molecule has 0 radical (unpaired) electrons. The number of hydrogen-bond donors (Lipinski definition) is 3. The summed E-state index contributed by atoms with van der Waals surface area (Å²) < 4.78 is 10.3. The predicted molar refractivity (Wildman–Crippen MR) is 90.1 cm³/mol. The average molecular weight is 329 g/mol. The fraction of sp³-hybridized carbons (Fsp3) is 0.176. The lowest BCUT2D eigenvalue weighted by Crippen LogP contribution is -2.39. The number of carbonyl (C=O) groups excluding carboxylic acids is 2. The molecule has 2 aromatic rings. The van der Waals surface area contributed by atoms with Crippen molar-refractivity contribution in [2.45, 2.75) is 6.54 Å². The number of hydrogen-bond acceptors (Lipinski definition) is 5. The monoisotopic (exact) mass is 329 g/mol. The number of imide groups is 1. The first-order valence-electron chi connectivity index (χ1n) is 7.19. The van der Waals surface area contributed by atoms with Crippen LogP contribution in [0.5, 0.6) is 11.5 Å². The van der Waals surface area contributed by atoms with Crippen LogP contribution in [0.3, 0.4) is 0 Å². The van der Waals surface area contributed by atoms with E-state index < -0.39 is 11.9 Å². The van der Waals surface area contributed by atoms with E-state index in [1.54, 1.807) is 49.6 Å². The number of rotatable bonds is 5. The summed E-state index contributed by atoms with van der Waals surface area (Å²) in [5.41, 5.74) is 7.26. The van der Waals surface area contributed by atoms with Gasteiger partial charge in [-0.25, -0.2) is 4.79 Å². The van der Waals surface area contributed by atoms with E-state index in [2.05, 4.69) is 10.6 Å². The van der Waals surface area contributed by atoms with Crippen LogP contribution >= 0.6 is 0 Å². The Morgan fingerprint density at radius 3 is 2.29 bits per heavy atom. The zero-order chi connectivity index (χ0) is 17.5. The SMILES string of the molecule is COc1ccc(CNC(=O)NC(=O)c2ccc(N)cc2)cc1OC. The molecule has 0 saturated heterocycles. The number of benzene rings is 2. The Morgan fingerprint density at radius 1 is 1.00 bits per heavy atom. The van der Waals surface area contributed by atoms with Gasteiger partial charge in [-0.15, -0.1) is 0 Å². The Balaban J connectivity index is 1.91. The van der Waals surface area contributed by atoms with E-state index in [4.69, 9.17) is 15.2 Å². The van der Waals surface area contributed by atoms with E-state index >= 15 is 0 Å². The minimum atomic E-state index is -0.591. The van der Waals surface area contributed by atoms with Gasteiger partial charge in [-0.05, 0) is 42.0 Å². The number of nitrogens with one attached hydrogen (secondary N) is 2. The van der Waals surface area contributed by atoms with Crippen LogP contribution in [0.2, 0.25) is 0 Å². The fourth-order valence-corrected chi connectivity index (χ4v) is 2.03. The number of ether oxygens (including phenoxy) is 2. The summed E-state index contributed by atoms with van der Waals surface area (Å²) in [4.78, 5) is 23.7. The molecule has 0 saturated carbocycles. The van der Waals surface area contributed by atoms with Gasteiger partial charge in [0.25, 0.3) is 5.91 Å². The van der Waals surface area contributed by atoms with Crippen LogP contribution in [0.4, 0.5) is 10.5 Å². The van der Waals surface area contributed by atoms with Crippen LogP contribution in [-0.2, 0) is 6.54 Å². The van der Waals surface area contributed by atoms with Crippen molar-refractivity contribution in [3.05, 3.63) is 53.6 Å². The molecule has 0 aliphatic carbocycles. The summed E-state index contributed by atoms with van der Waals surface area (Å²) in [5, 5.41) is 4.86. The van der Waals surface area contributed by atoms with E-state index in [1.165, 1.54) is 7.11 Å². The maximum Gasteiger partial charge on any atom is 0.321 e. The van der Waals surface area contributed by atoms with Gasteiger partial charge < -0.3 is 20.5 Å². The molecule has 0 atom stereocenters. The van der Waals surface area contributed by atoms with Crippen molar-refractivity contribution in [2.75, 3.05) is 20.0 Å². The normalized spacial score (nSPS) is 9.92. The minimum Gasteiger partial charge on any atom is -0.493 e. The van der Waals surface area contributed by atoms with Crippen molar-refractivity contribution >= 4 is 17.6 Å². The van der Waals surface area contributed by atoms with E-state index in [1.807, 2.05) is 0 Å². The number of anilines is 1. The van der Waals surface area contributed by atoms with E-state index in [0.29, 0.717) is 22.7 Å². The van der Waals surface area contributed by atoms with E-state index in [0.717, 1.165) is 5.56 Å². The standard InChI is InChI=1S/C17H19N3O4/c1-23-14-8-3-11(9-15(14)24-2)10-19-17(22)20-16(21)12-4-6-13(18)7-5-12/h3-9H,10,18H2,1-2H3,(H2,19,20,21,22). The summed E-state index contributed by atoms with van der Waals surface area (Å²) in [6.45, 7) is 0.237. The molecule has 7 heteroatoms. The number of amides is 3. The first-order valence-corrected chi connectivity index (χ1v) is 7.19. The lowest BCUT2D eigenvalue weighted by Gasteiger charge is -2.10. The molecule has 0 heterocycles. The highest BCUT2D eigenvalue weighted by Crippen LogP contribution is 2.27. The zero-order valence-electron chi connectivity index (χ0n) is 13.5. The molecule has 3 amide bonds. The summed E-state index contributed by atoms with van der Waals surface area (Å²) >= 11 is 0. The van der Waals surface area contributed by atoms with Gasteiger partial charge in [-0.2, -0.15) is 0 Å².